The molecule has 0 bridgehead atoms. The van der Waals surface area contributed by atoms with E-state index in [1.54, 1.807) is 6.08 Å². The molecule has 0 amide bonds. The quantitative estimate of drug-likeness (QED) is 0.377. The highest BCUT2D eigenvalue weighted by Crippen LogP contribution is 2.37. The highest BCUT2D eigenvalue weighted by molar-refractivity contribution is 6.74. The van der Waals surface area contributed by atoms with Crippen molar-refractivity contribution in [2.24, 2.45) is 0 Å². The molecule has 0 fully saturated rings. The van der Waals surface area contributed by atoms with Gasteiger partial charge in [0, 0.05) is 0 Å². The highest BCUT2D eigenvalue weighted by atomic mass is 28.4. The largest absolute Gasteiger partial charge is 0.544 e. The first-order chi connectivity index (χ1) is 5.74. The predicted molar refractivity (Wildman–Crippen MR) is 62.2 cm³/mol. The van der Waals surface area contributed by atoms with Gasteiger partial charge in [0.2, 0.25) is 8.32 Å². The predicted octanol–water partition coefficient (Wildman–Crippen LogP) is 4.10. The molecule has 0 aliphatic carbocycles. The Kier molecular flexibility index (Phi) is 3.98. The Morgan fingerprint density at radius 1 is 1.31 bits per heavy atom. The highest BCUT2D eigenvalue weighted by Gasteiger charge is 2.38. The van der Waals surface area contributed by atoms with E-state index in [0.717, 1.165) is 5.76 Å². The van der Waals surface area contributed by atoms with Gasteiger partial charge in [0.05, 0.1) is 5.76 Å². The number of hydrogen-bond donors (Lipinski definition) is 0. The van der Waals surface area contributed by atoms with Gasteiger partial charge in [0.15, 0.2) is 0 Å². The smallest absolute Gasteiger partial charge is 0.250 e. The van der Waals surface area contributed by atoms with Crippen molar-refractivity contribution in [3.05, 3.63) is 24.5 Å². The summed E-state index contributed by atoms with van der Waals surface area (Å²) in [6.45, 7) is 16.9. The van der Waals surface area contributed by atoms with Crippen LogP contribution in [0.25, 0.3) is 0 Å². The molecule has 0 aromatic heterocycles. The van der Waals surface area contributed by atoms with Crippen molar-refractivity contribution in [1.82, 2.24) is 0 Å². The zero-order valence-electron chi connectivity index (χ0n) is 9.77. The minimum absolute atomic E-state index is 0.254. The SMILES string of the molecule is C=C/C(=C\C)O[Si](C)(C)C(C)(C)C. The summed E-state index contributed by atoms with van der Waals surface area (Å²) in [4.78, 5) is 0. The lowest BCUT2D eigenvalue weighted by molar-refractivity contribution is 0.399. The van der Waals surface area contributed by atoms with Crippen LogP contribution in [0.2, 0.25) is 18.1 Å². The van der Waals surface area contributed by atoms with Gasteiger partial charge in [-0.3, -0.25) is 0 Å². The lowest BCUT2D eigenvalue weighted by Crippen LogP contribution is -2.40. The van der Waals surface area contributed by atoms with Crippen LogP contribution in [0.15, 0.2) is 24.5 Å². The molecule has 2 heteroatoms. The van der Waals surface area contributed by atoms with Crippen LogP contribution in [-0.2, 0) is 4.43 Å². The average molecular weight is 198 g/mol. The maximum absolute atomic E-state index is 5.98. The molecule has 0 spiro atoms. The minimum atomic E-state index is -1.65. The van der Waals surface area contributed by atoms with Gasteiger partial charge in [-0.15, -0.1) is 0 Å². The van der Waals surface area contributed by atoms with Crippen LogP contribution < -0.4 is 0 Å². The zero-order valence-corrected chi connectivity index (χ0v) is 10.8. The topological polar surface area (TPSA) is 9.23 Å². The molecular formula is C11H22OSi. The van der Waals surface area contributed by atoms with Crippen LogP contribution in [0.3, 0.4) is 0 Å². The second-order valence-corrected chi connectivity index (χ2v) is 9.48. The fraction of sp³-hybridized carbons (Fsp3) is 0.636. The van der Waals surface area contributed by atoms with Gasteiger partial charge in [-0.1, -0.05) is 27.4 Å². The van der Waals surface area contributed by atoms with E-state index in [1.165, 1.54) is 0 Å². The third kappa shape index (κ3) is 3.39. The third-order valence-electron chi connectivity index (χ3n) is 2.66. The molecule has 0 saturated carbocycles. The summed E-state index contributed by atoms with van der Waals surface area (Å²) in [6, 6.07) is 0. The van der Waals surface area contributed by atoms with Crippen LogP contribution in [0.4, 0.5) is 0 Å². The molecule has 0 aliphatic heterocycles. The van der Waals surface area contributed by atoms with E-state index in [2.05, 4.69) is 40.4 Å². The van der Waals surface area contributed by atoms with Gasteiger partial charge in [-0.05, 0) is 37.2 Å². The van der Waals surface area contributed by atoms with E-state index in [4.69, 9.17) is 4.43 Å². The second kappa shape index (κ2) is 4.14. The standard InChI is InChI=1S/C11H22OSi/c1-8-10(9-2)12-13(6,7)11(3,4)5/h8-9H,1H2,2-7H3/b10-9+. The maximum Gasteiger partial charge on any atom is 0.250 e. The van der Waals surface area contributed by atoms with Gasteiger partial charge in [0.25, 0.3) is 0 Å². The van der Waals surface area contributed by atoms with E-state index in [1.807, 2.05) is 13.0 Å². The second-order valence-electron chi connectivity index (χ2n) is 4.76. The van der Waals surface area contributed by atoms with Crippen LogP contribution >= 0.6 is 0 Å². The summed E-state index contributed by atoms with van der Waals surface area (Å²) in [5.74, 6) is 0.909. The van der Waals surface area contributed by atoms with Crippen molar-refractivity contribution in [2.45, 2.75) is 45.8 Å². The molecule has 0 heterocycles. The molecular weight excluding hydrogens is 176 g/mol. The minimum Gasteiger partial charge on any atom is -0.544 e. The number of allylic oxidation sites excluding steroid dienone is 2. The van der Waals surface area contributed by atoms with E-state index >= 15 is 0 Å². The fourth-order valence-corrected chi connectivity index (χ4v) is 1.76. The van der Waals surface area contributed by atoms with Gasteiger partial charge in [-0.25, -0.2) is 0 Å². The Morgan fingerprint density at radius 3 is 2.00 bits per heavy atom. The summed E-state index contributed by atoms with van der Waals surface area (Å²) in [5, 5.41) is 0.254. The van der Waals surface area contributed by atoms with Crippen molar-refractivity contribution in [3.8, 4) is 0 Å². The molecule has 0 aromatic rings. The molecule has 0 atom stereocenters. The Hall–Kier alpha value is -0.503. The third-order valence-corrected chi connectivity index (χ3v) is 7.02. The van der Waals surface area contributed by atoms with Crippen molar-refractivity contribution in [3.63, 3.8) is 0 Å². The van der Waals surface area contributed by atoms with Gasteiger partial charge >= 0.3 is 0 Å². The maximum atomic E-state index is 5.98. The average Bonchev–Trinajstić information content (AvgIpc) is 1.98. The van der Waals surface area contributed by atoms with E-state index < -0.39 is 8.32 Å². The van der Waals surface area contributed by atoms with Crippen molar-refractivity contribution >= 4 is 8.32 Å². The lowest BCUT2D eigenvalue weighted by atomic mass is 10.2. The van der Waals surface area contributed by atoms with E-state index in [-0.39, 0.29) is 5.04 Å². The molecule has 76 valence electrons. The van der Waals surface area contributed by atoms with Crippen LogP contribution in [-0.4, -0.2) is 8.32 Å². The summed E-state index contributed by atoms with van der Waals surface area (Å²) >= 11 is 0. The number of hydrogen-bond acceptors (Lipinski definition) is 1. The van der Waals surface area contributed by atoms with Crippen molar-refractivity contribution in [2.75, 3.05) is 0 Å². The van der Waals surface area contributed by atoms with E-state index in [0.29, 0.717) is 0 Å². The molecule has 0 N–H and O–H groups in total. The van der Waals surface area contributed by atoms with Crippen molar-refractivity contribution < 1.29 is 4.43 Å². The van der Waals surface area contributed by atoms with Crippen LogP contribution in [0.5, 0.6) is 0 Å². The molecule has 0 aliphatic rings. The molecule has 0 unspecified atom stereocenters. The lowest BCUT2D eigenvalue weighted by Gasteiger charge is -2.36. The summed E-state index contributed by atoms with van der Waals surface area (Å²) in [5.41, 5.74) is 0. The summed E-state index contributed by atoms with van der Waals surface area (Å²) < 4.78 is 5.98. The van der Waals surface area contributed by atoms with Crippen LogP contribution in [0.1, 0.15) is 27.7 Å². The summed E-state index contributed by atoms with van der Waals surface area (Å²) in [6.07, 6.45) is 3.74. The van der Waals surface area contributed by atoms with Gasteiger partial charge in [0.1, 0.15) is 0 Å². The van der Waals surface area contributed by atoms with Crippen molar-refractivity contribution in [1.29, 1.82) is 0 Å². The number of rotatable bonds is 3. The molecule has 13 heavy (non-hydrogen) atoms. The first-order valence-corrected chi connectivity index (χ1v) is 7.63. The fourth-order valence-electron chi connectivity index (χ4n) is 0.666. The molecule has 0 aromatic carbocycles. The van der Waals surface area contributed by atoms with E-state index in [9.17, 15) is 0 Å². The first-order valence-electron chi connectivity index (χ1n) is 4.72. The molecule has 0 radical (unpaired) electrons. The van der Waals surface area contributed by atoms with Crippen LogP contribution in [0, 0.1) is 0 Å². The normalized spacial score (nSPS) is 14.2. The molecule has 0 rings (SSSR count). The molecule has 0 saturated heterocycles. The van der Waals surface area contributed by atoms with Gasteiger partial charge in [-0.2, -0.15) is 0 Å². The Labute approximate surface area is 83.6 Å². The Balaban J connectivity index is 4.60. The monoisotopic (exact) mass is 198 g/mol. The zero-order chi connectivity index (χ0) is 10.7. The Bertz CT molecular complexity index is 209. The van der Waals surface area contributed by atoms with Gasteiger partial charge < -0.3 is 4.43 Å². The molecule has 1 nitrogen and oxygen atoms in total. The first kappa shape index (κ1) is 12.5. The Morgan fingerprint density at radius 2 is 1.77 bits per heavy atom. The summed E-state index contributed by atoms with van der Waals surface area (Å²) in [7, 11) is -1.65.